The van der Waals surface area contributed by atoms with Crippen molar-refractivity contribution in [3.05, 3.63) is 35.4 Å². The van der Waals surface area contributed by atoms with Gasteiger partial charge < -0.3 is 4.74 Å². The highest BCUT2D eigenvalue weighted by Crippen LogP contribution is 2.39. The van der Waals surface area contributed by atoms with Crippen molar-refractivity contribution in [2.24, 2.45) is 5.92 Å². The summed E-state index contributed by atoms with van der Waals surface area (Å²) in [6.07, 6.45) is 4.38. The van der Waals surface area contributed by atoms with Gasteiger partial charge in [-0.2, -0.15) is 0 Å². The minimum absolute atomic E-state index is 0.0191. The van der Waals surface area contributed by atoms with Gasteiger partial charge in [-0.1, -0.05) is 42.7 Å². The molecule has 110 valence electrons. The molecular weight excluding hydrogens is 248 g/mol. The molecule has 0 spiro atoms. The lowest BCUT2D eigenvalue weighted by Crippen LogP contribution is -2.33. The predicted octanol–water partition coefficient (Wildman–Crippen LogP) is 4.61. The van der Waals surface area contributed by atoms with Crippen LogP contribution in [-0.4, -0.2) is 11.6 Å². The molecule has 1 aromatic carbocycles. The molecule has 1 saturated carbocycles. The summed E-state index contributed by atoms with van der Waals surface area (Å²) in [6, 6.07) is 8.61. The fourth-order valence-electron chi connectivity index (χ4n) is 3.00. The fourth-order valence-corrected chi connectivity index (χ4v) is 3.00. The van der Waals surface area contributed by atoms with Crippen LogP contribution in [0.1, 0.15) is 63.5 Å². The third-order valence-corrected chi connectivity index (χ3v) is 3.98. The Morgan fingerprint density at radius 3 is 2.30 bits per heavy atom. The Balaban J connectivity index is 2.16. The normalized spacial score (nSPS) is 23.4. The van der Waals surface area contributed by atoms with E-state index in [1.807, 2.05) is 20.8 Å². The van der Waals surface area contributed by atoms with E-state index < -0.39 is 5.60 Å². The average Bonchev–Trinajstić information content (AvgIpc) is 2.38. The van der Waals surface area contributed by atoms with E-state index in [0.717, 1.165) is 19.3 Å². The number of carbonyl (C=O) groups excluding carboxylic acids is 1. The Hall–Kier alpha value is -1.31. The molecule has 0 N–H and O–H groups in total. The molecule has 20 heavy (non-hydrogen) atoms. The van der Waals surface area contributed by atoms with Crippen molar-refractivity contribution in [3.8, 4) is 0 Å². The number of aryl methyl sites for hydroxylation is 1. The topological polar surface area (TPSA) is 26.3 Å². The Morgan fingerprint density at radius 1 is 1.10 bits per heavy atom. The Kier molecular flexibility index (Phi) is 4.52. The summed E-state index contributed by atoms with van der Waals surface area (Å²) >= 11 is 0. The smallest absolute Gasteiger partial charge is 0.310 e. The summed E-state index contributed by atoms with van der Waals surface area (Å²) in [6.45, 7) is 7.91. The molecule has 0 aliphatic heterocycles. The van der Waals surface area contributed by atoms with Crippen LogP contribution in [0.5, 0.6) is 0 Å². The largest absolute Gasteiger partial charge is 0.460 e. The highest BCUT2D eigenvalue weighted by atomic mass is 16.6. The maximum absolute atomic E-state index is 12.4. The zero-order chi connectivity index (χ0) is 14.8. The highest BCUT2D eigenvalue weighted by Gasteiger charge is 2.34. The van der Waals surface area contributed by atoms with Crippen molar-refractivity contribution in [3.63, 3.8) is 0 Å². The van der Waals surface area contributed by atoms with E-state index >= 15 is 0 Å². The van der Waals surface area contributed by atoms with Gasteiger partial charge in [0.05, 0.1) is 5.92 Å². The number of hydrogen-bond donors (Lipinski definition) is 0. The second-order valence-corrected chi connectivity index (χ2v) is 6.94. The molecule has 0 amide bonds. The summed E-state index contributed by atoms with van der Waals surface area (Å²) in [5.41, 5.74) is 2.15. The van der Waals surface area contributed by atoms with Crippen molar-refractivity contribution >= 4 is 5.97 Å². The molecule has 2 atom stereocenters. The van der Waals surface area contributed by atoms with Crippen LogP contribution in [0.2, 0.25) is 0 Å². The third kappa shape index (κ3) is 3.84. The van der Waals surface area contributed by atoms with Crippen LogP contribution < -0.4 is 0 Å². The van der Waals surface area contributed by atoms with Crippen molar-refractivity contribution in [2.45, 2.75) is 64.9 Å². The van der Waals surface area contributed by atoms with Gasteiger partial charge in [0.1, 0.15) is 5.60 Å². The van der Waals surface area contributed by atoms with Crippen molar-refractivity contribution in [1.29, 1.82) is 0 Å². The van der Waals surface area contributed by atoms with E-state index in [4.69, 9.17) is 4.74 Å². The monoisotopic (exact) mass is 274 g/mol. The number of esters is 1. The Bertz CT molecular complexity index is 453. The predicted molar refractivity (Wildman–Crippen MR) is 81.7 cm³/mol. The zero-order valence-corrected chi connectivity index (χ0v) is 13.1. The Morgan fingerprint density at radius 2 is 1.70 bits per heavy atom. The molecule has 1 fully saturated rings. The number of benzene rings is 1. The molecule has 2 heteroatoms. The van der Waals surface area contributed by atoms with Crippen LogP contribution in [-0.2, 0) is 9.53 Å². The summed E-state index contributed by atoms with van der Waals surface area (Å²) < 4.78 is 5.61. The van der Waals surface area contributed by atoms with Gasteiger partial charge in [-0.05, 0) is 52.0 Å². The molecule has 2 nitrogen and oxygen atoms in total. The number of carbonyl (C=O) groups is 1. The van der Waals surface area contributed by atoms with Gasteiger partial charge >= 0.3 is 5.97 Å². The van der Waals surface area contributed by atoms with Gasteiger partial charge in [0.25, 0.3) is 0 Å². The maximum atomic E-state index is 12.4. The molecule has 1 aliphatic rings. The summed E-state index contributed by atoms with van der Waals surface area (Å²) in [5.74, 6) is 0.313. The van der Waals surface area contributed by atoms with Gasteiger partial charge in [0, 0.05) is 0 Å². The first kappa shape index (κ1) is 15.1. The number of rotatable bonds is 2. The minimum Gasteiger partial charge on any atom is -0.460 e. The SMILES string of the molecule is Cc1ccc([C@@H]2CCCC[C@H]2C(=O)OC(C)(C)C)cc1. The van der Waals surface area contributed by atoms with Crippen LogP contribution in [0.3, 0.4) is 0 Å². The molecule has 1 aliphatic carbocycles. The molecule has 0 aromatic heterocycles. The molecule has 2 rings (SSSR count). The first-order chi connectivity index (χ1) is 9.37. The van der Waals surface area contributed by atoms with E-state index in [1.54, 1.807) is 0 Å². The van der Waals surface area contributed by atoms with E-state index in [-0.39, 0.29) is 11.9 Å². The molecule has 0 radical (unpaired) electrons. The van der Waals surface area contributed by atoms with Crippen LogP contribution in [0, 0.1) is 12.8 Å². The van der Waals surface area contributed by atoms with Crippen LogP contribution in [0.15, 0.2) is 24.3 Å². The molecule has 0 saturated heterocycles. The zero-order valence-electron chi connectivity index (χ0n) is 13.1. The van der Waals surface area contributed by atoms with Crippen molar-refractivity contribution in [2.75, 3.05) is 0 Å². The average molecular weight is 274 g/mol. The highest BCUT2D eigenvalue weighted by molar-refractivity contribution is 5.74. The minimum atomic E-state index is -0.396. The lowest BCUT2D eigenvalue weighted by Gasteiger charge is -2.32. The lowest BCUT2D eigenvalue weighted by molar-refractivity contribution is -0.161. The number of ether oxygens (including phenoxy) is 1. The second kappa shape index (κ2) is 5.99. The van der Waals surface area contributed by atoms with Crippen LogP contribution in [0.4, 0.5) is 0 Å². The van der Waals surface area contributed by atoms with Crippen LogP contribution >= 0.6 is 0 Å². The van der Waals surface area contributed by atoms with Gasteiger partial charge in [-0.25, -0.2) is 0 Å². The van der Waals surface area contributed by atoms with Crippen LogP contribution in [0.25, 0.3) is 0 Å². The van der Waals surface area contributed by atoms with Gasteiger partial charge in [-0.15, -0.1) is 0 Å². The summed E-state index contributed by atoms with van der Waals surface area (Å²) in [7, 11) is 0. The molecule has 0 bridgehead atoms. The summed E-state index contributed by atoms with van der Waals surface area (Å²) in [5, 5.41) is 0. The first-order valence-corrected chi connectivity index (χ1v) is 7.66. The van der Waals surface area contributed by atoms with Gasteiger partial charge in [0.2, 0.25) is 0 Å². The van der Waals surface area contributed by atoms with Gasteiger partial charge in [0.15, 0.2) is 0 Å². The molecule has 0 heterocycles. The fraction of sp³-hybridized carbons (Fsp3) is 0.611. The molecule has 0 unspecified atom stereocenters. The summed E-state index contributed by atoms with van der Waals surface area (Å²) in [4.78, 5) is 12.4. The van der Waals surface area contributed by atoms with Gasteiger partial charge in [-0.3, -0.25) is 4.79 Å². The molecule has 1 aromatic rings. The van der Waals surface area contributed by atoms with Crippen molar-refractivity contribution < 1.29 is 9.53 Å². The quantitative estimate of drug-likeness (QED) is 0.736. The van der Waals surface area contributed by atoms with E-state index in [2.05, 4.69) is 31.2 Å². The van der Waals surface area contributed by atoms with E-state index in [1.165, 1.54) is 17.5 Å². The van der Waals surface area contributed by atoms with E-state index in [0.29, 0.717) is 5.92 Å². The first-order valence-electron chi connectivity index (χ1n) is 7.66. The standard InChI is InChI=1S/C18H26O2/c1-13-9-11-14(12-10-13)15-7-5-6-8-16(15)17(19)20-18(2,3)4/h9-12,15-16H,5-8H2,1-4H3/t15-,16+/m0/s1. The molecular formula is C18H26O2. The maximum Gasteiger partial charge on any atom is 0.310 e. The Labute approximate surface area is 122 Å². The third-order valence-electron chi connectivity index (χ3n) is 3.98. The lowest BCUT2D eigenvalue weighted by atomic mass is 9.75. The van der Waals surface area contributed by atoms with E-state index in [9.17, 15) is 4.79 Å². The van der Waals surface area contributed by atoms with Crippen molar-refractivity contribution in [1.82, 2.24) is 0 Å². The number of hydrogen-bond acceptors (Lipinski definition) is 2. The second-order valence-electron chi connectivity index (χ2n) is 6.94.